The van der Waals surface area contributed by atoms with E-state index >= 15 is 0 Å². The van der Waals surface area contributed by atoms with Gasteiger partial charge in [-0.15, -0.1) is 0 Å². The number of ether oxygens (including phenoxy) is 1. The molecular weight excluding hydrogens is 250 g/mol. The Morgan fingerprint density at radius 2 is 2.25 bits per heavy atom. The summed E-state index contributed by atoms with van der Waals surface area (Å²) in [5.41, 5.74) is 0.711. The van der Waals surface area contributed by atoms with E-state index in [1.165, 1.54) is 19.3 Å². The normalized spacial score (nSPS) is 26.9. The lowest BCUT2D eigenvalue weighted by molar-refractivity contribution is 0.0320. The first-order valence-electron chi connectivity index (χ1n) is 7.81. The van der Waals surface area contributed by atoms with E-state index < -0.39 is 0 Å². The molecule has 1 aliphatic carbocycles. The average Bonchev–Trinajstić information content (AvgIpc) is 2.92. The van der Waals surface area contributed by atoms with Crippen molar-refractivity contribution in [2.45, 2.75) is 40.0 Å². The van der Waals surface area contributed by atoms with Gasteiger partial charge in [-0.1, -0.05) is 27.2 Å². The zero-order valence-corrected chi connectivity index (χ0v) is 12.9. The highest BCUT2D eigenvalue weighted by atomic mass is 16.5. The fourth-order valence-corrected chi connectivity index (χ4v) is 3.48. The smallest absolute Gasteiger partial charge is 0.189 e. The Balaban J connectivity index is 1.80. The van der Waals surface area contributed by atoms with Gasteiger partial charge in [0.1, 0.15) is 6.61 Å². The van der Waals surface area contributed by atoms with Crippen LogP contribution in [0.3, 0.4) is 0 Å². The van der Waals surface area contributed by atoms with Crippen molar-refractivity contribution in [3.05, 3.63) is 24.0 Å². The van der Waals surface area contributed by atoms with E-state index in [0.717, 1.165) is 18.4 Å². The molecule has 1 saturated carbocycles. The molecule has 2 unspecified atom stereocenters. The Hall–Kier alpha value is -1.09. The number of rotatable bonds is 6. The van der Waals surface area contributed by atoms with Crippen LogP contribution in [0, 0.1) is 23.7 Å². The first-order valence-corrected chi connectivity index (χ1v) is 7.81. The summed E-state index contributed by atoms with van der Waals surface area (Å²) in [7, 11) is 0. The number of aromatic amines is 1. The van der Waals surface area contributed by atoms with Crippen LogP contribution in [0.15, 0.2) is 18.5 Å². The van der Waals surface area contributed by atoms with Crippen molar-refractivity contribution in [3.63, 3.8) is 0 Å². The van der Waals surface area contributed by atoms with Gasteiger partial charge in [-0.05, 0) is 42.6 Å². The predicted molar refractivity (Wildman–Crippen MR) is 80.8 cm³/mol. The molecule has 1 N–H and O–H groups in total. The van der Waals surface area contributed by atoms with Gasteiger partial charge in [-0.2, -0.15) is 0 Å². The van der Waals surface area contributed by atoms with Crippen molar-refractivity contribution in [2.75, 3.05) is 13.2 Å². The molecule has 3 nitrogen and oxygen atoms in total. The van der Waals surface area contributed by atoms with Crippen LogP contribution in [-0.4, -0.2) is 24.0 Å². The number of aromatic nitrogens is 1. The highest BCUT2D eigenvalue weighted by Gasteiger charge is 2.30. The molecular formula is C17H27NO2. The van der Waals surface area contributed by atoms with Crippen molar-refractivity contribution in [3.8, 4) is 0 Å². The summed E-state index contributed by atoms with van der Waals surface area (Å²) in [6.45, 7) is 7.86. The van der Waals surface area contributed by atoms with Crippen molar-refractivity contribution in [1.82, 2.24) is 4.98 Å². The summed E-state index contributed by atoms with van der Waals surface area (Å²) in [5.74, 6) is 2.91. The van der Waals surface area contributed by atoms with Crippen LogP contribution in [0.1, 0.15) is 50.4 Å². The number of H-pyrrole nitrogens is 1. The number of hydrogen-bond acceptors (Lipinski definition) is 2. The third-order valence-corrected chi connectivity index (χ3v) is 4.64. The summed E-state index contributed by atoms with van der Waals surface area (Å²) in [6, 6.07) is 1.80. The molecule has 0 amide bonds. The quantitative estimate of drug-likeness (QED) is 0.801. The molecule has 1 aromatic rings. The molecule has 0 aliphatic heterocycles. The summed E-state index contributed by atoms with van der Waals surface area (Å²) < 4.78 is 5.72. The third-order valence-electron chi connectivity index (χ3n) is 4.64. The number of carbonyl (C=O) groups excluding carboxylic acids is 1. The Morgan fingerprint density at radius 3 is 2.90 bits per heavy atom. The van der Waals surface area contributed by atoms with E-state index in [1.54, 1.807) is 18.5 Å². The lowest BCUT2D eigenvalue weighted by Gasteiger charge is -2.37. The molecule has 3 atom stereocenters. The number of nitrogens with one attached hydrogen (secondary N) is 1. The third kappa shape index (κ3) is 3.95. The van der Waals surface area contributed by atoms with Gasteiger partial charge >= 0.3 is 0 Å². The van der Waals surface area contributed by atoms with Crippen LogP contribution >= 0.6 is 0 Å². The topological polar surface area (TPSA) is 42.1 Å². The molecule has 0 saturated heterocycles. The Labute approximate surface area is 122 Å². The molecule has 1 aliphatic rings. The number of Topliss-reactive ketones (excluding diaryl/α,β-unsaturated/α-hetero) is 1. The number of ketones is 1. The summed E-state index contributed by atoms with van der Waals surface area (Å²) >= 11 is 0. The molecule has 0 spiro atoms. The zero-order valence-electron chi connectivity index (χ0n) is 12.9. The van der Waals surface area contributed by atoms with Crippen LogP contribution < -0.4 is 0 Å². The molecule has 20 heavy (non-hydrogen) atoms. The summed E-state index contributed by atoms with van der Waals surface area (Å²) in [4.78, 5) is 14.8. The van der Waals surface area contributed by atoms with Gasteiger partial charge in [0.05, 0.1) is 6.61 Å². The summed E-state index contributed by atoms with van der Waals surface area (Å²) in [5, 5.41) is 0. The molecule has 0 aromatic carbocycles. The van der Waals surface area contributed by atoms with E-state index in [-0.39, 0.29) is 12.4 Å². The van der Waals surface area contributed by atoms with Crippen LogP contribution in [-0.2, 0) is 4.74 Å². The zero-order chi connectivity index (χ0) is 14.5. The van der Waals surface area contributed by atoms with Gasteiger partial charge in [0, 0.05) is 18.0 Å². The maximum absolute atomic E-state index is 11.9. The van der Waals surface area contributed by atoms with Crippen molar-refractivity contribution in [2.24, 2.45) is 23.7 Å². The van der Waals surface area contributed by atoms with Crippen molar-refractivity contribution >= 4 is 5.78 Å². The van der Waals surface area contributed by atoms with Gasteiger partial charge in [-0.3, -0.25) is 4.79 Å². The Kier molecular flexibility index (Phi) is 5.41. The van der Waals surface area contributed by atoms with Crippen molar-refractivity contribution in [1.29, 1.82) is 0 Å². The average molecular weight is 277 g/mol. The minimum absolute atomic E-state index is 0.0659. The Morgan fingerprint density at radius 1 is 1.45 bits per heavy atom. The van der Waals surface area contributed by atoms with Gasteiger partial charge < -0.3 is 9.72 Å². The van der Waals surface area contributed by atoms with Crippen LogP contribution in [0.2, 0.25) is 0 Å². The maximum Gasteiger partial charge on any atom is 0.189 e. The second-order valence-corrected chi connectivity index (χ2v) is 6.62. The molecule has 1 fully saturated rings. The predicted octanol–water partition coefficient (Wildman–Crippen LogP) is 3.92. The Bertz CT molecular complexity index is 411. The van der Waals surface area contributed by atoms with E-state index in [9.17, 15) is 4.79 Å². The van der Waals surface area contributed by atoms with Gasteiger partial charge in [0.2, 0.25) is 0 Å². The monoisotopic (exact) mass is 277 g/mol. The molecule has 1 heterocycles. The second kappa shape index (κ2) is 7.07. The molecule has 0 radical (unpaired) electrons. The maximum atomic E-state index is 11.9. The van der Waals surface area contributed by atoms with Crippen molar-refractivity contribution < 1.29 is 9.53 Å². The highest BCUT2D eigenvalue weighted by molar-refractivity contribution is 5.96. The van der Waals surface area contributed by atoms with Crippen LogP contribution in [0.25, 0.3) is 0 Å². The standard InChI is InChI=1S/C17H27NO2/c1-12(2)16-5-4-13(3)8-15(16)10-20-11-17(19)14-6-7-18-9-14/h6-7,9,12-13,15-16,18H,4-5,8,10-11H2,1-3H3/t13?,15?,16-/m0/s1. The lowest BCUT2D eigenvalue weighted by atomic mass is 9.70. The van der Waals surface area contributed by atoms with Crippen LogP contribution in [0.4, 0.5) is 0 Å². The van der Waals surface area contributed by atoms with E-state index in [1.807, 2.05) is 0 Å². The highest BCUT2D eigenvalue weighted by Crippen LogP contribution is 2.38. The SMILES string of the molecule is CC1CC[C@@H](C(C)C)C(COCC(=O)c2cc[nH]c2)C1. The number of hydrogen-bond donors (Lipinski definition) is 1. The first kappa shape index (κ1) is 15.3. The second-order valence-electron chi connectivity index (χ2n) is 6.62. The summed E-state index contributed by atoms with van der Waals surface area (Å²) in [6.07, 6.45) is 7.37. The molecule has 3 heteroatoms. The first-order chi connectivity index (χ1) is 9.58. The molecule has 112 valence electrons. The molecule has 0 bridgehead atoms. The lowest BCUT2D eigenvalue weighted by Crippen LogP contribution is -2.31. The minimum Gasteiger partial charge on any atom is -0.373 e. The number of carbonyl (C=O) groups is 1. The fraction of sp³-hybridized carbons (Fsp3) is 0.706. The van der Waals surface area contributed by atoms with E-state index in [4.69, 9.17) is 4.74 Å². The van der Waals surface area contributed by atoms with Gasteiger partial charge in [-0.25, -0.2) is 0 Å². The fourth-order valence-electron chi connectivity index (χ4n) is 3.48. The van der Waals surface area contributed by atoms with E-state index in [2.05, 4.69) is 25.8 Å². The van der Waals surface area contributed by atoms with E-state index in [0.29, 0.717) is 17.4 Å². The molecule has 2 rings (SSSR count). The van der Waals surface area contributed by atoms with Gasteiger partial charge in [0.15, 0.2) is 5.78 Å². The molecule has 1 aromatic heterocycles. The minimum atomic E-state index is 0.0659. The largest absolute Gasteiger partial charge is 0.373 e. The van der Waals surface area contributed by atoms with Crippen LogP contribution in [0.5, 0.6) is 0 Å². The van der Waals surface area contributed by atoms with Gasteiger partial charge in [0.25, 0.3) is 0 Å².